The zero-order valence-corrected chi connectivity index (χ0v) is 12.7. The van der Waals surface area contributed by atoms with Crippen LogP contribution < -0.4 is 5.32 Å². The van der Waals surface area contributed by atoms with Crippen LogP contribution in [0.2, 0.25) is 0 Å². The Labute approximate surface area is 119 Å². The quantitative estimate of drug-likeness (QED) is 0.699. The van der Waals surface area contributed by atoms with E-state index < -0.39 is 11.6 Å². The fourth-order valence-electron chi connectivity index (χ4n) is 1.94. The molecule has 0 bridgehead atoms. The number of likely N-dealkylation sites (tertiary alicyclic amines) is 1. The molecule has 116 valence electrons. The summed E-state index contributed by atoms with van der Waals surface area (Å²) in [5.41, 5.74) is -0.537. The zero-order valence-electron chi connectivity index (χ0n) is 12.7. The van der Waals surface area contributed by atoms with Gasteiger partial charge >= 0.3 is 12.0 Å². The van der Waals surface area contributed by atoms with E-state index in [1.165, 1.54) is 0 Å². The van der Waals surface area contributed by atoms with Gasteiger partial charge in [-0.15, -0.1) is 0 Å². The molecule has 2 amide bonds. The lowest BCUT2D eigenvalue weighted by Gasteiger charge is -2.47. The minimum Gasteiger partial charge on any atom is -0.480 e. The third-order valence-corrected chi connectivity index (χ3v) is 3.50. The highest BCUT2D eigenvalue weighted by molar-refractivity contribution is 5.75. The van der Waals surface area contributed by atoms with E-state index in [0.717, 1.165) is 6.54 Å². The molecule has 0 spiro atoms. The maximum atomic E-state index is 11.8. The summed E-state index contributed by atoms with van der Waals surface area (Å²) >= 11 is 0. The number of rotatable bonds is 7. The zero-order chi connectivity index (χ0) is 15.3. The second-order valence-corrected chi connectivity index (χ2v) is 5.79. The molecule has 0 saturated carbocycles. The molecule has 2 N–H and O–H groups in total. The number of aliphatic carboxylic acids is 1. The molecular formula is C13H25N3O4. The van der Waals surface area contributed by atoms with Crippen molar-refractivity contribution >= 4 is 12.0 Å². The summed E-state index contributed by atoms with van der Waals surface area (Å²) in [5.74, 6) is -0.995. The monoisotopic (exact) mass is 287 g/mol. The van der Waals surface area contributed by atoms with Crippen molar-refractivity contribution in [3.8, 4) is 0 Å². The van der Waals surface area contributed by atoms with Crippen molar-refractivity contribution in [3.63, 3.8) is 0 Å². The highest BCUT2D eigenvalue weighted by atomic mass is 16.5. The van der Waals surface area contributed by atoms with Crippen LogP contribution in [-0.4, -0.2) is 78.4 Å². The lowest BCUT2D eigenvalue weighted by Crippen LogP contribution is -2.65. The smallest absolute Gasteiger partial charge is 0.329 e. The average molecular weight is 287 g/mol. The molecule has 1 heterocycles. The van der Waals surface area contributed by atoms with Crippen molar-refractivity contribution in [2.24, 2.45) is 0 Å². The predicted molar refractivity (Wildman–Crippen MR) is 74.7 cm³/mol. The second-order valence-electron chi connectivity index (χ2n) is 5.79. The van der Waals surface area contributed by atoms with Gasteiger partial charge in [0, 0.05) is 19.1 Å². The van der Waals surface area contributed by atoms with Gasteiger partial charge in [-0.1, -0.05) is 0 Å². The summed E-state index contributed by atoms with van der Waals surface area (Å²) in [6, 6.07) is 0.321. The first-order valence-electron chi connectivity index (χ1n) is 6.82. The summed E-state index contributed by atoms with van der Waals surface area (Å²) in [7, 11) is 2.01. The van der Waals surface area contributed by atoms with Crippen LogP contribution in [0.4, 0.5) is 4.79 Å². The Morgan fingerprint density at radius 2 is 2.05 bits per heavy atom. The topological polar surface area (TPSA) is 82.1 Å². The number of hydrogen-bond donors (Lipinski definition) is 2. The minimum absolute atomic E-state index is 0.126. The highest BCUT2D eigenvalue weighted by Gasteiger charge is 2.42. The number of hydrogen-bond acceptors (Lipinski definition) is 4. The van der Waals surface area contributed by atoms with E-state index in [4.69, 9.17) is 9.84 Å². The number of amides is 2. The average Bonchev–Trinajstić information content (AvgIpc) is 2.32. The fraction of sp³-hybridized carbons (Fsp3) is 0.846. The number of nitrogens with one attached hydrogen (secondary N) is 1. The van der Waals surface area contributed by atoms with Gasteiger partial charge < -0.3 is 25.0 Å². The van der Waals surface area contributed by atoms with Crippen molar-refractivity contribution in [2.45, 2.75) is 32.4 Å². The van der Waals surface area contributed by atoms with Crippen LogP contribution in [-0.2, 0) is 9.53 Å². The number of urea groups is 1. The van der Waals surface area contributed by atoms with Crippen LogP contribution in [0.5, 0.6) is 0 Å². The summed E-state index contributed by atoms with van der Waals surface area (Å²) in [6.45, 7) is 7.92. The molecule has 0 atom stereocenters. The number of likely N-dealkylation sites (N-methyl/N-ethyl adjacent to an activating group) is 1. The summed E-state index contributed by atoms with van der Waals surface area (Å²) < 4.78 is 5.25. The highest BCUT2D eigenvalue weighted by Crippen LogP contribution is 2.24. The Kier molecular flexibility index (Phi) is 5.76. The van der Waals surface area contributed by atoms with Crippen molar-refractivity contribution in [3.05, 3.63) is 0 Å². The maximum Gasteiger partial charge on any atom is 0.329 e. The first-order valence-corrected chi connectivity index (χ1v) is 6.82. The molecule has 0 aromatic heterocycles. The molecule has 0 radical (unpaired) electrons. The number of carbonyl (C=O) groups is 2. The van der Waals surface area contributed by atoms with Crippen LogP contribution in [0.25, 0.3) is 0 Å². The van der Waals surface area contributed by atoms with Crippen LogP contribution >= 0.6 is 0 Å². The van der Waals surface area contributed by atoms with Gasteiger partial charge in [-0.05, 0) is 27.8 Å². The van der Waals surface area contributed by atoms with Gasteiger partial charge in [0.15, 0.2) is 0 Å². The molecule has 1 aliphatic heterocycles. The van der Waals surface area contributed by atoms with Crippen LogP contribution in [0.3, 0.4) is 0 Å². The van der Waals surface area contributed by atoms with Crippen molar-refractivity contribution in [1.29, 1.82) is 0 Å². The lowest BCUT2D eigenvalue weighted by molar-refractivity contribution is -0.159. The molecule has 0 aromatic rings. The van der Waals surface area contributed by atoms with Gasteiger partial charge in [0.1, 0.15) is 12.2 Å². The van der Waals surface area contributed by atoms with E-state index in [0.29, 0.717) is 25.7 Å². The predicted octanol–water partition coefficient (Wildman–Crippen LogP) is 0.212. The Bertz CT molecular complexity index is 354. The van der Waals surface area contributed by atoms with Crippen molar-refractivity contribution in [1.82, 2.24) is 15.1 Å². The molecule has 1 fully saturated rings. The van der Waals surface area contributed by atoms with Gasteiger partial charge in [-0.3, -0.25) is 0 Å². The largest absolute Gasteiger partial charge is 0.480 e. The maximum absolute atomic E-state index is 11.8. The van der Waals surface area contributed by atoms with Crippen LogP contribution in [0.15, 0.2) is 0 Å². The van der Waals surface area contributed by atoms with Gasteiger partial charge in [-0.25, -0.2) is 9.59 Å². The number of nitrogens with zero attached hydrogens (tertiary/aromatic N) is 2. The molecule has 0 aromatic carbocycles. The number of ether oxygens (including phenoxy) is 1. The number of carboxylic acid groups (broad SMARTS) is 1. The van der Waals surface area contributed by atoms with Gasteiger partial charge in [-0.2, -0.15) is 0 Å². The fourth-order valence-corrected chi connectivity index (χ4v) is 1.94. The Morgan fingerprint density at radius 3 is 2.55 bits per heavy atom. The lowest BCUT2D eigenvalue weighted by atomic mass is 9.97. The summed E-state index contributed by atoms with van der Waals surface area (Å²) in [4.78, 5) is 26.0. The molecule has 1 rings (SSSR count). The standard InChI is InChI=1S/C13H25N3O4/c1-10(2)15(4)6-5-14-12(19)16-8-13(3,9-16)20-7-11(17)18/h10H,5-9H2,1-4H3,(H,14,19)(H,17,18). The number of carbonyl (C=O) groups excluding carboxylic acids is 1. The van der Waals surface area contributed by atoms with Gasteiger partial charge in [0.25, 0.3) is 0 Å². The van der Waals surface area contributed by atoms with E-state index in [1.54, 1.807) is 4.90 Å². The molecular weight excluding hydrogens is 262 g/mol. The number of carboxylic acids is 1. The molecule has 1 aliphatic rings. The van der Waals surface area contributed by atoms with E-state index in [1.807, 2.05) is 14.0 Å². The normalized spacial score (nSPS) is 17.2. The van der Waals surface area contributed by atoms with Crippen molar-refractivity contribution < 1.29 is 19.4 Å². The molecule has 7 heteroatoms. The van der Waals surface area contributed by atoms with Crippen LogP contribution in [0.1, 0.15) is 20.8 Å². The molecule has 1 saturated heterocycles. The van der Waals surface area contributed by atoms with E-state index >= 15 is 0 Å². The van der Waals surface area contributed by atoms with Gasteiger partial charge in [0.05, 0.1) is 13.1 Å². The van der Waals surface area contributed by atoms with Crippen molar-refractivity contribution in [2.75, 3.05) is 39.8 Å². The van der Waals surface area contributed by atoms with E-state index in [-0.39, 0.29) is 12.6 Å². The second kappa shape index (κ2) is 6.90. The third kappa shape index (κ3) is 4.97. The van der Waals surface area contributed by atoms with Gasteiger partial charge in [0.2, 0.25) is 0 Å². The summed E-state index contributed by atoms with van der Waals surface area (Å²) in [6.07, 6.45) is 0. The third-order valence-electron chi connectivity index (χ3n) is 3.50. The first kappa shape index (κ1) is 16.7. The van der Waals surface area contributed by atoms with E-state index in [2.05, 4.69) is 24.1 Å². The Balaban J connectivity index is 2.19. The molecule has 0 unspecified atom stereocenters. The SMILES string of the molecule is CC(C)N(C)CCNC(=O)N1CC(C)(OCC(=O)O)C1. The Hall–Kier alpha value is -1.34. The first-order chi connectivity index (χ1) is 9.23. The Morgan fingerprint density at radius 1 is 1.45 bits per heavy atom. The summed E-state index contributed by atoms with van der Waals surface area (Å²) in [5, 5.41) is 11.4. The van der Waals surface area contributed by atoms with E-state index in [9.17, 15) is 9.59 Å². The molecule has 7 nitrogen and oxygen atoms in total. The van der Waals surface area contributed by atoms with Crippen LogP contribution in [0, 0.1) is 0 Å². The molecule has 20 heavy (non-hydrogen) atoms. The molecule has 0 aliphatic carbocycles. The minimum atomic E-state index is -0.995.